The van der Waals surface area contributed by atoms with Gasteiger partial charge in [0.2, 0.25) is 10.0 Å². The summed E-state index contributed by atoms with van der Waals surface area (Å²) in [5.74, 6) is 0.149. The molecule has 0 fully saturated rings. The predicted octanol–water partition coefficient (Wildman–Crippen LogP) is 0.934. The Kier molecular flexibility index (Phi) is 2.44. The molecule has 0 aliphatic carbocycles. The molecule has 2 rings (SSSR count). The van der Waals surface area contributed by atoms with E-state index in [9.17, 15) is 8.42 Å². The molecule has 0 saturated carbocycles. The van der Waals surface area contributed by atoms with Crippen LogP contribution in [-0.2, 0) is 23.1 Å². The van der Waals surface area contributed by atoms with Gasteiger partial charge in [-0.05, 0) is 30.2 Å². The molecule has 1 aliphatic heterocycles. The lowest BCUT2D eigenvalue weighted by Crippen LogP contribution is -2.26. The van der Waals surface area contributed by atoms with Crippen molar-refractivity contribution in [1.82, 2.24) is 4.31 Å². The van der Waals surface area contributed by atoms with Crippen LogP contribution in [0.15, 0.2) is 18.2 Å². The van der Waals surface area contributed by atoms with Crippen LogP contribution in [0.1, 0.15) is 18.1 Å². The van der Waals surface area contributed by atoms with Crippen molar-refractivity contribution in [1.29, 1.82) is 0 Å². The second-order valence-electron chi connectivity index (χ2n) is 3.70. The van der Waals surface area contributed by atoms with Crippen molar-refractivity contribution in [3.8, 4) is 0 Å². The largest absolute Gasteiger partial charge is 0.399 e. The zero-order valence-electron chi connectivity index (χ0n) is 8.60. The normalized spacial score (nSPS) is 16.6. The Bertz CT molecular complexity index is 482. The van der Waals surface area contributed by atoms with Gasteiger partial charge in [0.1, 0.15) is 0 Å². The van der Waals surface area contributed by atoms with Gasteiger partial charge in [-0.2, -0.15) is 4.31 Å². The Hall–Kier alpha value is -1.07. The van der Waals surface area contributed by atoms with Gasteiger partial charge in [0.25, 0.3) is 0 Å². The average Bonchev–Trinajstić information content (AvgIpc) is 2.61. The molecule has 4 nitrogen and oxygen atoms in total. The number of fused-ring (bicyclic) bond motifs is 1. The smallest absolute Gasteiger partial charge is 0.214 e. The third-order valence-electron chi connectivity index (χ3n) is 2.68. The molecule has 0 spiro atoms. The second kappa shape index (κ2) is 3.50. The van der Waals surface area contributed by atoms with Gasteiger partial charge < -0.3 is 5.73 Å². The van der Waals surface area contributed by atoms with Gasteiger partial charge in [0.15, 0.2) is 0 Å². The molecule has 5 heteroatoms. The Morgan fingerprint density at radius 2 is 2.00 bits per heavy atom. The zero-order valence-corrected chi connectivity index (χ0v) is 9.42. The molecule has 0 amide bonds. The van der Waals surface area contributed by atoms with E-state index in [1.165, 1.54) is 4.31 Å². The molecule has 0 saturated heterocycles. The second-order valence-corrected chi connectivity index (χ2v) is 5.95. The number of hydrogen-bond acceptors (Lipinski definition) is 3. The zero-order chi connectivity index (χ0) is 11.1. The fourth-order valence-electron chi connectivity index (χ4n) is 1.76. The van der Waals surface area contributed by atoms with E-state index in [2.05, 4.69) is 0 Å². The minimum atomic E-state index is -3.09. The van der Waals surface area contributed by atoms with E-state index >= 15 is 0 Å². The number of hydrogen-bond donors (Lipinski definition) is 1. The van der Waals surface area contributed by atoms with Crippen molar-refractivity contribution < 1.29 is 8.42 Å². The van der Waals surface area contributed by atoms with Gasteiger partial charge in [-0.3, -0.25) is 0 Å². The van der Waals surface area contributed by atoms with Crippen LogP contribution in [0.5, 0.6) is 0 Å². The molecule has 1 heterocycles. The van der Waals surface area contributed by atoms with E-state index < -0.39 is 10.0 Å². The number of sulfonamides is 1. The summed E-state index contributed by atoms with van der Waals surface area (Å²) in [7, 11) is -3.09. The summed E-state index contributed by atoms with van der Waals surface area (Å²) in [6, 6.07) is 5.55. The lowest BCUT2D eigenvalue weighted by atomic mass is 10.1. The van der Waals surface area contributed by atoms with Crippen LogP contribution in [0.4, 0.5) is 5.69 Å². The van der Waals surface area contributed by atoms with E-state index in [1.807, 2.05) is 12.1 Å². The SMILES string of the molecule is CCS(=O)(=O)N1Cc2ccc(N)cc2C1. The molecule has 0 aromatic heterocycles. The van der Waals surface area contributed by atoms with Crippen molar-refractivity contribution in [3.63, 3.8) is 0 Å². The minimum absolute atomic E-state index is 0.149. The first kappa shape index (κ1) is 10.4. The maximum atomic E-state index is 11.6. The van der Waals surface area contributed by atoms with Crippen molar-refractivity contribution >= 4 is 15.7 Å². The van der Waals surface area contributed by atoms with Crippen LogP contribution in [0, 0.1) is 0 Å². The molecule has 0 radical (unpaired) electrons. The summed E-state index contributed by atoms with van der Waals surface area (Å²) in [5, 5.41) is 0. The Labute approximate surface area is 89.7 Å². The highest BCUT2D eigenvalue weighted by molar-refractivity contribution is 7.89. The number of benzene rings is 1. The fourth-order valence-corrected chi connectivity index (χ4v) is 2.80. The van der Waals surface area contributed by atoms with Crippen LogP contribution in [0.3, 0.4) is 0 Å². The summed E-state index contributed by atoms with van der Waals surface area (Å²) in [6.07, 6.45) is 0. The molecule has 15 heavy (non-hydrogen) atoms. The summed E-state index contributed by atoms with van der Waals surface area (Å²) < 4.78 is 24.8. The van der Waals surface area contributed by atoms with Crippen LogP contribution in [0.25, 0.3) is 0 Å². The summed E-state index contributed by atoms with van der Waals surface area (Å²) in [6.45, 7) is 2.59. The van der Waals surface area contributed by atoms with Gasteiger partial charge in [-0.25, -0.2) is 8.42 Å². The molecule has 1 aromatic carbocycles. The third-order valence-corrected chi connectivity index (χ3v) is 4.46. The van der Waals surface area contributed by atoms with E-state index in [0.717, 1.165) is 11.1 Å². The van der Waals surface area contributed by atoms with Gasteiger partial charge in [-0.15, -0.1) is 0 Å². The number of nitrogen functional groups attached to an aromatic ring is 1. The molecule has 82 valence electrons. The summed E-state index contributed by atoms with van der Waals surface area (Å²) in [4.78, 5) is 0. The van der Waals surface area contributed by atoms with Crippen molar-refractivity contribution in [3.05, 3.63) is 29.3 Å². The average molecular weight is 226 g/mol. The van der Waals surface area contributed by atoms with Gasteiger partial charge in [0.05, 0.1) is 5.75 Å². The number of anilines is 1. The van der Waals surface area contributed by atoms with E-state index in [0.29, 0.717) is 18.8 Å². The molecule has 0 bridgehead atoms. The first-order valence-corrected chi connectivity index (χ1v) is 6.49. The Morgan fingerprint density at radius 1 is 1.33 bits per heavy atom. The van der Waals surface area contributed by atoms with Crippen LogP contribution in [-0.4, -0.2) is 18.5 Å². The molecule has 2 N–H and O–H groups in total. The molecule has 0 unspecified atom stereocenters. The van der Waals surface area contributed by atoms with E-state index in [1.54, 1.807) is 13.0 Å². The first-order chi connectivity index (χ1) is 7.03. The quantitative estimate of drug-likeness (QED) is 0.763. The topological polar surface area (TPSA) is 63.4 Å². The summed E-state index contributed by atoms with van der Waals surface area (Å²) in [5.41, 5.74) is 8.41. The lowest BCUT2D eigenvalue weighted by Gasteiger charge is -2.13. The molecular formula is C10H14N2O2S. The highest BCUT2D eigenvalue weighted by atomic mass is 32.2. The maximum absolute atomic E-state index is 11.6. The minimum Gasteiger partial charge on any atom is -0.399 e. The maximum Gasteiger partial charge on any atom is 0.214 e. The molecule has 1 aliphatic rings. The van der Waals surface area contributed by atoms with Crippen molar-refractivity contribution in [2.45, 2.75) is 20.0 Å². The third kappa shape index (κ3) is 1.85. The highest BCUT2D eigenvalue weighted by Crippen LogP contribution is 2.26. The van der Waals surface area contributed by atoms with Gasteiger partial charge in [0, 0.05) is 18.8 Å². The predicted molar refractivity (Wildman–Crippen MR) is 59.6 cm³/mol. The Balaban J connectivity index is 2.30. The Morgan fingerprint density at radius 3 is 2.67 bits per heavy atom. The van der Waals surface area contributed by atoms with Crippen molar-refractivity contribution in [2.24, 2.45) is 0 Å². The molecule has 0 atom stereocenters. The highest BCUT2D eigenvalue weighted by Gasteiger charge is 2.27. The lowest BCUT2D eigenvalue weighted by molar-refractivity contribution is 0.432. The number of rotatable bonds is 2. The van der Waals surface area contributed by atoms with Crippen molar-refractivity contribution in [2.75, 3.05) is 11.5 Å². The number of nitrogens with two attached hydrogens (primary N) is 1. The van der Waals surface area contributed by atoms with Crippen LogP contribution < -0.4 is 5.73 Å². The van der Waals surface area contributed by atoms with Gasteiger partial charge >= 0.3 is 0 Å². The molecule has 1 aromatic rings. The van der Waals surface area contributed by atoms with Crippen LogP contribution in [0.2, 0.25) is 0 Å². The fraction of sp³-hybridized carbons (Fsp3) is 0.400. The van der Waals surface area contributed by atoms with Gasteiger partial charge in [-0.1, -0.05) is 6.07 Å². The standard InChI is InChI=1S/C10H14N2O2S/c1-2-15(13,14)12-6-8-3-4-10(11)5-9(8)7-12/h3-5H,2,6-7,11H2,1H3. The van der Waals surface area contributed by atoms with Crippen LogP contribution >= 0.6 is 0 Å². The molecular weight excluding hydrogens is 212 g/mol. The van der Waals surface area contributed by atoms with E-state index in [4.69, 9.17) is 5.73 Å². The summed E-state index contributed by atoms with van der Waals surface area (Å²) >= 11 is 0. The van der Waals surface area contributed by atoms with E-state index in [-0.39, 0.29) is 5.75 Å². The number of nitrogens with zero attached hydrogens (tertiary/aromatic N) is 1. The first-order valence-electron chi connectivity index (χ1n) is 4.88. The monoisotopic (exact) mass is 226 g/mol.